The second-order valence-electron chi connectivity index (χ2n) is 2.86. The van der Waals surface area contributed by atoms with Crippen molar-refractivity contribution in [1.82, 2.24) is 0 Å². The van der Waals surface area contributed by atoms with E-state index in [9.17, 15) is 0 Å². The molecule has 0 radical (unpaired) electrons. The van der Waals surface area contributed by atoms with Crippen LogP contribution in [0.2, 0.25) is 0 Å². The van der Waals surface area contributed by atoms with Gasteiger partial charge in [0, 0.05) is 13.2 Å². The quantitative estimate of drug-likeness (QED) is 0.743. The zero-order valence-electron chi connectivity index (χ0n) is 8.40. The van der Waals surface area contributed by atoms with Gasteiger partial charge in [-0.2, -0.15) is 0 Å². The summed E-state index contributed by atoms with van der Waals surface area (Å²) >= 11 is 0. The van der Waals surface area contributed by atoms with Crippen LogP contribution in [0.5, 0.6) is 0 Å². The summed E-state index contributed by atoms with van der Waals surface area (Å²) in [6, 6.07) is 10.7. The minimum atomic E-state index is 0.317. The van der Waals surface area contributed by atoms with Crippen molar-refractivity contribution in [3.63, 3.8) is 0 Å². The Labute approximate surface area is 80.4 Å². The van der Waals surface area contributed by atoms with Crippen LogP contribution in [-0.4, -0.2) is 18.3 Å². The first-order valence-corrected chi connectivity index (χ1v) is 4.57. The van der Waals surface area contributed by atoms with Crippen molar-refractivity contribution in [3.05, 3.63) is 35.9 Å². The summed E-state index contributed by atoms with van der Waals surface area (Å²) in [6.07, 6.45) is 2.05. The predicted octanol–water partition coefficient (Wildman–Crippen LogP) is 1.57. The van der Waals surface area contributed by atoms with Gasteiger partial charge in [0.25, 0.3) is 0 Å². The highest BCUT2D eigenvalue weighted by Gasteiger charge is 1.98. The highest BCUT2D eigenvalue weighted by molar-refractivity contribution is 5.15. The van der Waals surface area contributed by atoms with E-state index in [0.29, 0.717) is 6.04 Å². The summed E-state index contributed by atoms with van der Waals surface area (Å²) < 4.78 is 0. The van der Waals surface area contributed by atoms with Crippen molar-refractivity contribution in [2.45, 2.75) is 25.8 Å². The minimum absolute atomic E-state index is 0.317. The summed E-state index contributed by atoms with van der Waals surface area (Å²) in [6.45, 7) is 2.12. The topological polar surface area (TPSA) is 46.2 Å². The molecular weight excluding hydrogens is 162 g/mol. The lowest BCUT2D eigenvalue weighted by Gasteiger charge is -2.07. The van der Waals surface area contributed by atoms with E-state index in [1.165, 1.54) is 5.56 Å². The van der Waals surface area contributed by atoms with Crippen LogP contribution in [0.1, 0.15) is 18.9 Å². The monoisotopic (exact) mass is 181 g/mol. The fourth-order valence-electron chi connectivity index (χ4n) is 1.06. The number of benzene rings is 1. The maximum absolute atomic E-state index is 7.00. The van der Waals surface area contributed by atoms with E-state index < -0.39 is 0 Å². The molecule has 0 heterocycles. The van der Waals surface area contributed by atoms with Gasteiger partial charge in [-0.3, -0.25) is 0 Å². The van der Waals surface area contributed by atoms with Gasteiger partial charge in [-0.15, -0.1) is 0 Å². The maximum Gasteiger partial charge on any atom is 0.0319 e. The van der Waals surface area contributed by atoms with Crippen molar-refractivity contribution >= 4 is 0 Å². The molecule has 0 aromatic heterocycles. The normalized spacial score (nSPS) is 11.4. The van der Waals surface area contributed by atoms with Crippen molar-refractivity contribution in [2.75, 3.05) is 7.11 Å². The van der Waals surface area contributed by atoms with E-state index in [1.54, 1.807) is 0 Å². The van der Waals surface area contributed by atoms with Crippen LogP contribution < -0.4 is 5.73 Å². The second kappa shape index (κ2) is 7.77. The number of hydrogen-bond donors (Lipinski definition) is 2. The lowest BCUT2D eigenvalue weighted by Crippen LogP contribution is -2.21. The molecule has 0 aliphatic carbocycles. The van der Waals surface area contributed by atoms with E-state index in [0.717, 1.165) is 20.0 Å². The van der Waals surface area contributed by atoms with Gasteiger partial charge in [0.1, 0.15) is 0 Å². The summed E-state index contributed by atoms with van der Waals surface area (Å²) in [7, 11) is 1.00. The SMILES string of the molecule is CCC(N)Cc1ccccc1.CO. The lowest BCUT2D eigenvalue weighted by molar-refractivity contribution is 0.399. The average molecular weight is 181 g/mol. The third kappa shape index (κ3) is 5.39. The summed E-state index contributed by atoms with van der Waals surface area (Å²) in [5, 5.41) is 7.00. The van der Waals surface area contributed by atoms with Gasteiger partial charge in [0.05, 0.1) is 0 Å². The molecule has 0 saturated carbocycles. The minimum Gasteiger partial charge on any atom is -0.400 e. The molecule has 0 spiro atoms. The van der Waals surface area contributed by atoms with Crippen LogP contribution in [0.15, 0.2) is 30.3 Å². The Kier molecular flexibility index (Phi) is 7.26. The largest absolute Gasteiger partial charge is 0.400 e. The molecule has 0 aliphatic rings. The van der Waals surface area contributed by atoms with E-state index >= 15 is 0 Å². The van der Waals surface area contributed by atoms with Gasteiger partial charge < -0.3 is 10.8 Å². The molecule has 1 rings (SSSR count). The van der Waals surface area contributed by atoms with Crippen LogP contribution >= 0.6 is 0 Å². The van der Waals surface area contributed by atoms with Crippen LogP contribution in [0.3, 0.4) is 0 Å². The van der Waals surface area contributed by atoms with E-state index in [2.05, 4.69) is 31.2 Å². The Bertz CT molecular complexity index is 199. The molecule has 0 amide bonds. The molecular formula is C11H19NO. The first kappa shape index (κ1) is 12.1. The van der Waals surface area contributed by atoms with Gasteiger partial charge >= 0.3 is 0 Å². The zero-order valence-corrected chi connectivity index (χ0v) is 8.40. The number of aliphatic hydroxyl groups excluding tert-OH is 1. The Morgan fingerprint density at radius 1 is 1.23 bits per heavy atom. The first-order valence-electron chi connectivity index (χ1n) is 4.57. The Balaban J connectivity index is 0.000000671. The van der Waals surface area contributed by atoms with E-state index in [-0.39, 0.29) is 0 Å². The third-order valence-electron chi connectivity index (χ3n) is 1.87. The molecule has 0 fully saturated rings. The average Bonchev–Trinajstić information content (AvgIpc) is 2.22. The fraction of sp³-hybridized carbons (Fsp3) is 0.455. The number of nitrogens with two attached hydrogens (primary N) is 1. The van der Waals surface area contributed by atoms with Crippen molar-refractivity contribution in [2.24, 2.45) is 5.73 Å². The van der Waals surface area contributed by atoms with E-state index in [1.807, 2.05) is 6.07 Å². The van der Waals surface area contributed by atoms with Gasteiger partial charge in [0.2, 0.25) is 0 Å². The zero-order chi connectivity index (χ0) is 10.1. The molecule has 0 aliphatic heterocycles. The molecule has 1 aromatic carbocycles. The Morgan fingerprint density at radius 2 is 1.77 bits per heavy atom. The lowest BCUT2D eigenvalue weighted by atomic mass is 10.1. The standard InChI is InChI=1S/C10H15N.CH4O/c1-2-10(11)8-9-6-4-3-5-7-9;1-2/h3-7,10H,2,8,11H2,1H3;2H,1H3. The molecule has 0 saturated heterocycles. The summed E-state index contributed by atoms with van der Waals surface area (Å²) in [5.41, 5.74) is 7.14. The molecule has 2 nitrogen and oxygen atoms in total. The Morgan fingerprint density at radius 3 is 2.23 bits per heavy atom. The fourth-order valence-corrected chi connectivity index (χ4v) is 1.06. The van der Waals surface area contributed by atoms with Crippen LogP contribution in [0.25, 0.3) is 0 Å². The molecule has 74 valence electrons. The maximum atomic E-state index is 7.00. The van der Waals surface area contributed by atoms with Gasteiger partial charge in [-0.1, -0.05) is 37.3 Å². The van der Waals surface area contributed by atoms with E-state index in [4.69, 9.17) is 10.8 Å². The smallest absolute Gasteiger partial charge is 0.0319 e. The van der Waals surface area contributed by atoms with Crippen molar-refractivity contribution in [1.29, 1.82) is 0 Å². The molecule has 13 heavy (non-hydrogen) atoms. The Hall–Kier alpha value is -0.860. The number of rotatable bonds is 3. The highest BCUT2D eigenvalue weighted by Crippen LogP contribution is 2.02. The first-order chi connectivity index (χ1) is 6.33. The molecule has 1 atom stereocenters. The molecule has 1 aromatic rings. The summed E-state index contributed by atoms with van der Waals surface area (Å²) in [4.78, 5) is 0. The van der Waals surface area contributed by atoms with Gasteiger partial charge in [-0.05, 0) is 18.4 Å². The second-order valence-corrected chi connectivity index (χ2v) is 2.86. The van der Waals surface area contributed by atoms with Crippen molar-refractivity contribution in [3.8, 4) is 0 Å². The van der Waals surface area contributed by atoms with Crippen LogP contribution in [0, 0.1) is 0 Å². The molecule has 3 N–H and O–H groups in total. The van der Waals surface area contributed by atoms with Gasteiger partial charge in [0.15, 0.2) is 0 Å². The molecule has 2 heteroatoms. The van der Waals surface area contributed by atoms with Crippen LogP contribution in [-0.2, 0) is 6.42 Å². The molecule has 0 bridgehead atoms. The van der Waals surface area contributed by atoms with Crippen molar-refractivity contribution < 1.29 is 5.11 Å². The summed E-state index contributed by atoms with van der Waals surface area (Å²) in [5.74, 6) is 0. The third-order valence-corrected chi connectivity index (χ3v) is 1.87. The predicted molar refractivity (Wildman–Crippen MR) is 56.6 cm³/mol. The van der Waals surface area contributed by atoms with Crippen LogP contribution in [0.4, 0.5) is 0 Å². The van der Waals surface area contributed by atoms with Gasteiger partial charge in [-0.25, -0.2) is 0 Å². The number of aliphatic hydroxyl groups is 1. The highest BCUT2D eigenvalue weighted by atomic mass is 16.2. The number of hydrogen-bond acceptors (Lipinski definition) is 2. The molecule has 1 unspecified atom stereocenters.